The highest BCUT2D eigenvalue weighted by molar-refractivity contribution is 5.93. The Bertz CT molecular complexity index is 900. The summed E-state index contributed by atoms with van der Waals surface area (Å²) in [6.45, 7) is 4.03. The molecule has 1 aromatic rings. The zero-order valence-electron chi connectivity index (χ0n) is 22.6. The van der Waals surface area contributed by atoms with Gasteiger partial charge in [0.1, 0.15) is 12.5 Å². The third-order valence-corrected chi connectivity index (χ3v) is 10.4. The summed E-state index contributed by atoms with van der Waals surface area (Å²) < 4.78 is 13.7. The fourth-order valence-electron chi connectivity index (χ4n) is 8.43. The van der Waals surface area contributed by atoms with E-state index >= 15 is 0 Å². The number of nitrogens with zero attached hydrogens (tertiary/aromatic N) is 3. The summed E-state index contributed by atoms with van der Waals surface area (Å²) in [4.78, 5) is 23.6. The van der Waals surface area contributed by atoms with Gasteiger partial charge in [-0.15, -0.1) is 0 Å². The molecule has 1 saturated heterocycles. The van der Waals surface area contributed by atoms with Crippen molar-refractivity contribution in [2.24, 2.45) is 29.1 Å². The summed E-state index contributed by atoms with van der Waals surface area (Å²) in [7, 11) is 0. The van der Waals surface area contributed by atoms with E-state index in [1.807, 2.05) is 0 Å². The zero-order valence-corrected chi connectivity index (χ0v) is 22.6. The number of likely N-dealkylation sites (tertiary alicyclic amines) is 1. The minimum Gasteiger partial charge on any atom is -0.338 e. The SMILES string of the molecule is CC1CC(NC2CCC(F)CC2)C(C=N)CC1C1(CC2CCCCC2)CCN(C(=O)c2cncnc2)C1. The minimum absolute atomic E-state index is 0.0567. The normalized spacial score (nSPS) is 37.4. The lowest BCUT2D eigenvalue weighted by Gasteiger charge is -2.50. The van der Waals surface area contributed by atoms with Crippen molar-refractivity contribution in [3.8, 4) is 0 Å². The zero-order chi connectivity index (χ0) is 25.8. The molecule has 0 spiro atoms. The van der Waals surface area contributed by atoms with Crippen molar-refractivity contribution in [2.45, 2.75) is 109 Å². The van der Waals surface area contributed by atoms with Crippen LogP contribution in [0.1, 0.15) is 101 Å². The van der Waals surface area contributed by atoms with Crippen molar-refractivity contribution in [2.75, 3.05) is 13.1 Å². The summed E-state index contributed by atoms with van der Waals surface area (Å²) in [5.74, 6) is 2.05. The van der Waals surface area contributed by atoms with Gasteiger partial charge in [-0.25, -0.2) is 14.4 Å². The molecule has 3 saturated carbocycles. The molecular formula is C30H46FN5O. The molecule has 204 valence electrons. The second-order valence-corrected chi connectivity index (χ2v) is 12.8. The van der Waals surface area contributed by atoms with Crippen LogP contribution in [0.2, 0.25) is 0 Å². The van der Waals surface area contributed by atoms with Gasteiger partial charge in [0.25, 0.3) is 5.91 Å². The molecule has 5 unspecified atom stereocenters. The van der Waals surface area contributed by atoms with Crippen molar-refractivity contribution in [3.63, 3.8) is 0 Å². The van der Waals surface area contributed by atoms with Crippen LogP contribution >= 0.6 is 0 Å². The lowest BCUT2D eigenvalue weighted by atomic mass is 9.57. The van der Waals surface area contributed by atoms with E-state index < -0.39 is 6.17 Å². The molecule has 6 nitrogen and oxygen atoms in total. The van der Waals surface area contributed by atoms with Gasteiger partial charge in [-0.1, -0.05) is 39.0 Å². The number of alkyl halides is 1. The van der Waals surface area contributed by atoms with Gasteiger partial charge in [0.2, 0.25) is 0 Å². The number of halogens is 1. The maximum atomic E-state index is 13.7. The molecule has 7 heteroatoms. The van der Waals surface area contributed by atoms with Gasteiger partial charge in [0, 0.05) is 43.5 Å². The van der Waals surface area contributed by atoms with E-state index in [2.05, 4.69) is 27.1 Å². The van der Waals surface area contributed by atoms with Gasteiger partial charge in [-0.05, 0) is 80.7 Å². The second kappa shape index (κ2) is 11.9. The molecule has 5 atom stereocenters. The van der Waals surface area contributed by atoms with Gasteiger partial charge in [0.15, 0.2) is 0 Å². The third-order valence-electron chi connectivity index (χ3n) is 10.4. The van der Waals surface area contributed by atoms with Gasteiger partial charge < -0.3 is 15.6 Å². The Morgan fingerprint density at radius 3 is 2.57 bits per heavy atom. The Hall–Kier alpha value is -1.89. The monoisotopic (exact) mass is 511 g/mol. The maximum absolute atomic E-state index is 13.7. The van der Waals surface area contributed by atoms with Crippen molar-refractivity contribution in [1.29, 1.82) is 5.41 Å². The summed E-state index contributed by atoms with van der Waals surface area (Å²) in [6.07, 6.45) is 20.0. The Balaban J connectivity index is 1.33. The van der Waals surface area contributed by atoms with E-state index in [0.29, 0.717) is 42.3 Å². The summed E-state index contributed by atoms with van der Waals surface area (Å²) in [5.41, 5.74) is 0.697. The molecule has 0 radical (unpaired) electrons. The number of carbonyl (C=O) groups excluding carboxylic acids is 1. The van der Waals surface area contributed by atoms with Crippen LogP contribution < -0.4 is 5.32 Å². The fourth-order valence-corrected chi connectivity index (χ4v) is 8.43. The van der Waals surface area contributed by atoms with E-state index in [1.54, 1.807) is 18.6 Å². The van der Waals surface area contributed by atoms with Crippen molar-refractivity contribution < 1.29 is 9.18 Å². The average molecular weight is 512 g/mol. The Kier molecular flexibility index (Phi) is 8.57. The number of amides is 1. The van der Waals surface area contributed by atoms with Crippen LogP contribution in [0.3, 0.4) is 0 Å². The van der Waals surface area contributed by atoms with Gasteiger partial charge in [0.05, 0.1) is 5.56 Å². The van der Waals surface area contributed by atoms with Crippen molar-refractivity contribution in [1.82, 2.24) is 20.2 Å². The van der Waals surface area contributed by atoms with Gasteiger partial charge in [-0.3, -0.25) is 4.79 Å². The van der Waals surface area contributed by atoms with Gasteiger partial charge in [-0.2, -0.15) is 0 Å². The van der Waals surface area contributed by atoms with Crippen molar-refractivity contribution in [3.05, 3.63) is 24.3 Å². The maximum Gasteiger partial charge on any atom is 0.257 e. The average Bonchev–Trinajstić information content (AvgIpc) is 3.35. The van der Waals surface area contributed by atoms with Crippen LogP contribution in [0, 0.1) is 34.5 Å². The van der Waals surface area contributed by atoms with E-state index in [0.717, 1.165) is 51.1 Å². The standard InChI is InChI=1S/C30H46FN5O/c1-21-13-28(35-26-9-7-25(31)8-10-26)23(16-32)14-27(21)30(15-22-5-3-2-4-6-22)11-12-36(19-30)29(37)24-17-33-20-34-18-24/h16-18,20-23,25-28,32,35H,2-15,19H2,1H3. The first-order chi connectivity index (χ1) is 18.0. The third kappa shape index (κ3) is 6.07. The Morgan fingerprint density at radius 1 is 1.14 bits per heavy atom. The highest BCUT2D eigenvalue weighted by Gasteiger charge is 2.51. The molecule has 5 rings (SSSR count). The molecule has 37 heavy (non-hydrogen) atoms. The fraction of sp³-hybridized carbons (Fsp3) is 0.800. The lowest BCUT2D eigenvalue weighted by molar-refractivity contribution is 0.0216. The van der Waals surface area contributed by atoms with Crippen LogP contribution in [0.25, 0.3) is 0 Å². The first-order valence-electron chi connectivity index (χ1n) is 14.9. The summed E-state index contributed by atoms with van der Waals surface area (Å²) >= 11 is 0. The predicted octanol–water partition coefficient (Wildman–Crippen LogP) is 5.83. The molecule has 3 aliphatic carbocycles. The molecule has 1 aliphatic heterocycles. The van der Waals surface area contributed by atoms with Gasteiger partial charge >= 0.3 is 0 Å². The minimum atomic E-state index is -0.638. The molecule has 0 aromatic carbocycles. The first-order valence-corrected chi connectivity index (χ1v) is 14.9. The molecule has 4 aliphatic rings. The number of aromatic nitrogens is 2. The lowest BCUT2D eigenvalue weighted by Crippen LogP contribution is -2.52. The van der Waals surface area contributed by atoms with Crippen LogP contribution in [-0.2, 0) is 0 Å². The highest BCUT2D eigenvalue weighted by Crippen LogP contribution is 2.53. The predicted molar refractivity (Wildman–Crippen MR) is 144 cm³/mol. The molecule has 0 bridgehead atoms. The topological polar surface area (TPSA) is 82.0 Å². The Labute approximate surface area is 222 Å². The molecule has 2 N–H and O–H groups in total. The van der Waals surface area contributed by atoms with Crippen LogP contribution in [0.5, 0.6) is 0 Å². The van der Waals surface area contributed by atoms with Crippen LogP contribution in [-0.4, -0.2) is 58.3 Å². The van der Waals surface area contributed by atoms with E-state index in [1.165, 1.54) is 44.9 Å². The Morgan fingerprint density at radius 2 is 1.86 bits per heavy atom. The smallest absolute Gasteiger partial charge is 0.257 e. The van der Waals surface area contributed by atoms with Crippen LogP contribution in [0.15, 0.2) is 18.7 Å². The quantitative estimate of drug-likeness (QED) is 0.451. The largest absolute Gasteiger partial charge is 0.338 e. The molecule has 1 aromatic heterocycles. The highest BCUT2D eigenvalue weighted by atomic mass is 19.1. The second-order valence-electron chi connectivity index (χ2n) is 12.8. The number of hydrogen-bond acceptors (Lipinski definition) is 5. The number of hydrogen-bond donors (Lipinski definition) is 2. The molecular weight excluding hydrogens is 465 g/mol. The number of rotatable bonds is 7. The summed E-state index contributed by atoms with van der Waals surface area (Å²) in [5, 5.41) is 12.2. The van der Waals surface area contributed by atoms with E-state index in [4.69, 9.17) is 5.41 Å². The van der Waals surface area contributed by atoms with E-state index in [9.17, 15) is 9.18 Å². The molecule has 2 heterocycles. The van der Waals surface area contributed by atoms with Crippen LogP contribution in [0.4, 0.5) is 4.39 Å². The number of nitrogens with one attached hydrogen (secondary N) is 2. The number of carbonyl (C=O) groups is 1. The first kappa shape index (κ1) is 26.7. The summed E-state index contributed by atoms with van der Waals surface area (Å²) in [6, 6.07) is 0.685. The molecule has 1 amide bonds. The molecule has 4 fully saturated rings. The van der Waals surface area contributed by atoms with Crippen molar-refractivity contribution >= 4 is 12.1 Å². The van der Waals surface area contributed by atoms with E-state index in [-0.39, 0.29) is 17.2 Å².